The van der Waals surface area contributed by atoms with Crippen molar-refractivity contribution in [2.45, 2.75) is 32.9 Å². The molecule has 1 aromatic rings. The first-order valence-electron chi connectivity index (χ1n) is 5.07. The number of hydrogen-bond donors (Lipinski definition) is 1. The highest BCUT2D eigenvalue weighted by atomic mass is 14.9. The number of hydrogen-bond acceptors (Lipinski definition) is 1. The van der Waals surface area contributed by atoms with Crippen LogP contribution in [0.1, 0.15) is 25.0 Å². The first kappa shape index (κ1) is 8.76. The predicted octanol–water partition coefficient (Wildman–Crippen LogP) is 2.36. The molecule has 1 nitrogen and oxygen atoms in total. The topological polar surface area (TPSA) is 12.0 Å². The molecule has 2 rings (SSSR count). The van der Waals surface area contributed by atoms with Gasteiger partial charge in [0.05, 0.1) is 0 Å². The van der Waals surface area contributed by atoms with E-state index < -0.39 is 0 Å². The van der Waals surface area contributed by atoms with E-state index in [1.165, 1.54) is 17.5 Å². The zero-order valence-corrected chi connectivity index (χ0v) is 8.38. The summed E-state index contributed by atoms with van der Waals surface area (Å²) in [6, 6.07) is 9.38. The molecule has 0 aliphatic carbocycles. The summed E-state index contributed by atoms with van der Waals surface area (Å²) >= 11 is 0. The maximum absolute atomic E-state index is 3.55. The third kappa shape index (κ3) is 1.75. The second-order valence-electron chi connectivity index (χ2n) is 4.12. The number of fused-ring (bicyclic) bond motifs is 1. The highest BCUT2D eigenvalue weighted by Gasteiger charge is 2.17. The van der Waals surface area contributed by atoms with Gasteiger partial charge in [0.1, 0.15) is 0 Å². The fourth-order valence-corrected chi connectivity index (χ4v) is 1.92. The van der Waals surface area contributed by atoms with Crippen molar-refractivity contribution in [2.75, 3.05) is 0 Å². The van der Waals surface area contributed by atoms with Crippen LogP contribution in [0.15, 0.2) is 24.3 Å². The van der Waals surface area contributed by atoms with Gasteiger partial charge in [-0.25, -0.2) is 0 Å². The Morgan fingerprint density at radius 3 is 2.62 bits per heavy atom. The largest absolute Gasteiger partial charge is 0.310 e. The molecular formula is C12H17N. The monoisotopic (exact) mass is 175 g/mol. The van der Waals surface area contributed by atoms with E-state index in [2.05, 4.69) is 43.4 Å². The van der Waals surface area contributed by atoms with E-state index in [4.69, 9.17) is 0 Å². The van der Waals surface area contributed by atoms with Gasteiger partial charge < -0.3 is 5.32 Å². The Kier molecular flexibility index (Phi) is 2.36. The van der Waals surface area contributed by atoms with Gasteiger partial charge in [-0.3, -0.25) is 0 Å². The van der Waals surface area contributed by atoms with Crippen LogP contribution in [0.2, 0.25) is 0 Å². The molecular weight excluding hydrogens is 158 g/mol. The van der Waals surface area contributed by atoms with Gasteiger partial charge in [0.2, 0.25) is 0 Å². The molecule has 1 heterocycles. The first-order chi connectivity index (χ1) is 6.27. The molecule has 0 bridgehead atoms. The number of nitrogens with one attached hydrogen (secondary N) is 1. The molecule has 2 atom stereocenters. The molecule has 1 aliphatic rings. The van der Waals surface area contributed by atoms with Gasteiger partial charge in [0.25, 0.3) is 0 Å². The van der Waals surface area contributed by atoms with Crippen molar-refractivity contribution in [3.05, 3.63) is 35.4 Å². The molecule has 0 spiro atoms. The van der Waals surface area contributed by atoms with Crippen LogP contribution in [-0.4, -0.2) is 6.04 Å². The van der Waals surface area contributed by atoms with E-state index in [9.17, 15) is 0 Å². The van der Waals surface area contributed by atoms with Gasteiger partial charge in [-0.1, -0.05) is 31.2 Å². The van der Waals surface area contributed by atoms with Crippen molar-refractivity contribution in [1.29, 1.82) is 0 Å². The van der Waals surface area contributed by atoms with Gasteiger partial charge in [0.15, 0.2) is 0 Å². The molecule has 0 amide bonds. The van der Waals surface area contributed by atoms with E-state index in [1.54, 1.807) is 0 Å². The van der Waals surface area contributed by atoms with E-state index in [0.717, 1.165) is 12.5 Å². The Hall–Kier alpha value is -0.820. The van der Waals surface area contributed by atoms with E-state index >= 15 is 0 Å². The van der Waals surface area contributed by atoms with E-state index in [1.807, 2.05) is 0 Å². The van der Waals surface area contributed by atoms with Crippen LogP contribution < -0.4 is 5.32 Å². The fraction of sp³-hybridized carbons (Fsp3) is 0.500. The molecule has 1 N–H and O–H groups in total. The average molecular weight is 175 g/mol. The maximum atomic E-state index is 3.55. The van der Waals surface area contributed by atoms with Crippen LogP contribution in [0.3, 0.4) is 0 Å². The van der Waals surface area contributed by atoms with E-state index in [-0.39, 0.29) is 0 Å². The fourth-order valence-electron chi connectivity index (χ4n) is 1.92. The van der Waals surface area contributed by atoms with Gasteiger partial charge >= 0.3 is 0 Å². The van der Waals surface area contributed by atoms with Gasteiger partial charge in [-0.2, -0.15) is 0 Å². The molecule has 1 aliphatic heterocycles. The summed E-state index contributed by atoms with van der Waals surface area (Å²) in [4.78, 5) is 0. The van der Waals surface area contributed by atoms with Gasteiger partial charge in [-0.05, 0) is 30.4 Å². The lowest BCUT2D eigenvalue weighted by Gasteiger charge is -2.16. The third-order valence-electron chi connectivity index (χ3n) is 3.13. The highest BCUT2D eigenvalue weighted by molar-refractivity contribution is 5.28. The van der Waals surface area contributed by atoms with Crippen LogP contribution in [0.25, 0.3) is 0 Å². The van der Waals surface area contributed by atoms with Crippen molar-refractivity contribution in [1.82, 2.24) is 5.32 Å². The second kappa shape index (κ2) is 3.51. The van der Waals surface area contributed by atoms with Crippen molar-refractivity contribution in [3.63, 3.8) is 0 Å². The summed E-state index contributed by atoms with van der Waals surface area (Å²) in [5.74, 6) is 0.739. The minimum atomic E-state index is 0.632. The maximum Gasteiger partial charge on any atom is 0.0210 e. The quantitative estimate of drug-likeness (QED) is 0.638. The second-order valence-corrected chi connectivity index (χ2v) is 4.12. The minimum Gasteiger partial charge on any atom is -0.310 e. The van der Waals surface area contributed by atoms with Crippen LogP contribution in [0, 0.1) is 5.92 Å². The molecule has 0 saturated carbocycles. The summed E-state index contributed by atoms with van der Waals surface area (Å²) in [7, 11) is 0. The molecule has 0 fully saturated rings. The van der Waals surface area contributed by atoms with Crippen molar-refractivity contribution >= 4 is 0 Å². The summed E-state index contributed by atoms with van der Waals surface area (Å²) < 4.78 is 0. The summed E-state index contributed by atoms with van der Waals surface area (Å²) in [5, 5.41) is 3.55. The minimum absolute atomic E-state index is 0.632. The van der Waals surface area contributed by atoms with Crippen molar-refractivity contribution in [2.24, 2.45) is 5.92 Å². The summed E-state index contributed by atoms with van der Waals surface area (Å²) in [6.07, 6.45) is 1.21. The predicted molar refractivity (Wildman–Crippen MR) is 55.6 cm³/mol. The molecule has 0 saturated heterocycles. The smallest absolute Gasteiger partial charge is 0.0210 e. The lowest BCUT2D eigenvalue weighted by Crippen LogP contribution is -2.29. The van der Waals surface area contributed by atoms with Gasteiger partial charge in [-0.15, -0.1) is 0 Å². The Bertz CT molecular complexity index is 293. The first-order valence-corrected chi connectivity index (χ1v) is 5.07. The molecule has 70 valence electrons. The Morgan fingerprint density at radius 1 is 1.15 bits per heavy atom. The Morgan fingerprint density at radius 2 is 1.85 bits per heavy atom. The van der Waals surface area contributed by atoms with E-state index in [0.29, 0.717) is 6.04 Å². The molecule has 0 aromatic heterocycles. The Balaban J connectivity index is 2.29. The zero-order valence-electron chi connectivity index (χ0n) is 8.38. The van der Waals surface area contributed by atoms with Crippen molar-refractivity contribution in [3.8, 4) is 0 Å². The SMILES string of the molecule is CC1Cc2ccccc2CNC1C. The lowest BCUT2D eigenvalue weighted by molar-refractivity contribution is 0.413. The molecule has 0 radical (unpaired) electrons. The molecule has 2 unspecified atom stereocenters. The van der Waals surface area contributed by atoms with Crippen LogP contribution in [0.4, 0.5) is 0 Å². The normalized spacial score (nSPS) is 27.8. The van der Waals surface area contributed by atoms with Crippen molar-refractivity contribution < 1.29 is 0 Å². The summed E-state index contributed by atoms with van der Waals surface area (Å²) in [6.45, 7) is 5.62. The molecule has 1 heteroatoms. The third-order valence-corrected chi connectivity index (χ3v) is 3.13. The number of benzene rings is 1. The standard InChI is InChI=1S/C12H17N/c1-9-7-11-5-3-4-6-12(11)8-13-10(9)2/h3-6,9-10,13H,7-8H2,1-2H3. The Labute approximate surface area is 80.2 Å². The van der Waals surface area contributed by atoms with Crippen LogP contribution >= 0.6 is 0 Å². The van der Waals surface area contributed by atoms with Crippen LogP contribution in [-0.2, 0) is 13.0 Å². The van der Waals surface area contributed by atoms with Gasteiger partial charge in [0, 0.05) is 12.6 Å². The van der Waals surface area contributed by atoms with Crippen LogP contribution in [0.5, 0.6) is 0 Å². The average Bonchev–Trinajstić information content (AvgIpc) is 2.28. The zero-order chi connectivity index (χ0) is 9.26. The highest BCUT2D eigenvalue weighted by Crippen LogP contribution is 2.19. The summed E-state index contributed by atoms with van der Waals surface area (Å²) in [5.41, 5.74) is 2.99. The molecule has 13 heavy (non-hydrogen) atoms. The molecule has 1 aromatic carbocycles. The lowest BCUT2D eigenvalue weighted by atomic mass is 9.95. The number of rotatable bonds is 0.